The molecule has 0 spiro atoms. The molecule has 2 heteroatoms. The van der Waals surface area contributed by atoms with Crippen molar-refractivity contribution in [2.75, 3.05) is 19.6 Å². The number of nitrogens with zero attached hydrogens (tertiary/aromatic N) is 1. The Morgan fingerprint density at radius 2 is 2.08 bits per heavy atom. The molecule has 1 saturated heterocycles. The summed E-state index contributed by atoms with van der Waals surface area (Å²) >= 11 is 0. The summed E-state index contributed by atoms with van der Waals surface area (Å²) in [5.41, 5.74) is 1.37. The molecule has 0 amide bonds. The minimum Gasteiger partial charge on any atom is -0.365 e. The van der Waals surface area contributed by atoms with E-state index in [4.69, 9.17) is 0 Å². The van der Waals surface area contributed by atoms with Gasteiger partial charge in [0.1, 0.15) is 0 Å². The summed E-state index contributed by atoms with van der Waals surface area (Å²) in [7, 11) is 0. The first-order valence-corrected chi connectivity index (χ1v) is 5.30. The van der Waals surface area contributed by atoms with E-state index in [0.717, 1.165) is 0 Å². The standard InChI is InChI=1S/C11H18N2/c1-2-8-13(9-3-1)10-6-11-5-4-7-12-11/h4-5,7,12H,1-3,6,8-10H2. The highest BCUT2D eigenvalue weighted by Gasteiger charge is 2.09. The molecule has 1 aromatic heterocycles. The molecule has 0 radical (unpaired) electrons. The first-order chi connectivity index (χ1) is 6.45. The predicted octanol–water partition coefficient (Wildman–Crippen LogP) is 2.04. The number of hydrogen-bond donors (Lipinski definition) is 1. The van der Waals surface area contributed by atoms with Gasteiger partial charge in [0.2, 0.25) is 0 Å². The van der Waals surface area contributed by atoms with Gasteiger partial charge in [-0.15, -0.1) is 0 Å². The van der Waals surface area contributed by atoms with Crippen LogP contribution in [0.3, 0.4) is 0 Å². The smallest absolute Gasteiger partial charge is 0.0159 e. The number of rotatable bonds is 3. The predicted molar refractivity (Wildman–Crippen MR) is 54.8 cm³/mol. The van der Waals surface area contributed by atoms with E-state index < -0.39 is 0 Å². The molecule has 0 saturated carbocycles. The third kappa shape index (κ3) is 2.59. The Morgan fingerprint density at radius 3 is 2.77 bits per heavy atom. The fourth-order valence-corrected chi connectivity index (χ4v) is 1.98. The second-order valence-electron chi connectivity index (χ2n) is 3.85. The monoisotopic (exact) mass is 178 g/mol. The molecule has 2 rings (SSSR count). The number of aromatic amines is 1. The fraction of sp³-hybridized carbons (Fsp3) is 0.636. The minimum absolute atomic E-state index is 1.17. The van der Waals surface area contributed by atoms with Gasteiger partial charge in [0, 0.05) is 24.9 Å². The molecule has 0 atom stereocenters. The van der Waals surface area contributed by atoms with Crippen LogP contribution in [0, 0.1) is 0 Å². The Balaban J connectivity index is 1.72. The van der Waals surface area contributed by atoms with Crippen LogP contribution < -0.4 is 0 Å². The van der Waals surface area contributed by atoms with Gasteiger partial charge in [-0.2, -0.15) is 0 Å². The Morgan fingerprint density at radius 1 is 1.23 bits per heavy atom. The highest BCUT2D eigenvalue weighted by Crippen LogP contribution is 2.09. The Labute approximate surface area is 79.9 Å². The van der Waals surface area contributed by atoms with Crippen LogP contribution in [0.4, 0.5) is 0 Å². The van der Waals surface area contributed by atoms with Crippen molar-refractivity contribution in [3.05, 3.63) is 24.0 Å². The van der Waals surface area contributed by atoms with Gasteiger partial charge in [0.25, 0.3) is 0 Å². The van der Waals surface area contributed by atoms with Gasteiger partial charge in [-0.1, -0.05) is 6.42 Å². The highest BCUT2D eigenvalue weighted by atomic mass is 15.1. The van der Waals surface area contributed by atoms with Crippen molar-refractivity contribution in [1.29, 1.82) is 0 Å². The maximum Gasteiger partial charge on any atom is 0.0159 e. The number of piperidine rings is 1. The van der Waals surface area contributed by atoms with E-state index in [2.05, 4.69) is 22.0 Å². The Hall–Kier alpha value is -0.760. The molecule has 2 nitrogen and oxygen atoms in total. The van der Waals surface area contributed by atoms with E-state index in [-0.39, 0.29) is 0 Å². The zero-order chi connectivity index (χ0) is 8.93. The third-order valence-corrected chi connectivity index (χ3v) is 2.81. The SMILES string of the molecule is c1c[nH]c(CCN2CCCCC2)c1. The number of nitrogens with one attached hydrogen (secondary N) is 1. The lowest BCUT2D eigenvalue weighted by atomic mass is 10.1. The molecule has 1 aliphatic heterocycles. The Bertz CT molecular complexity index is 222. The molecule has 0 unspecified atom stereocenters. The average molecular weight is 178 g/mol. The minimum atomic E-state index is 1.17. The highest BCUT2D eigenvalue weighted by molar-refractivity contribution is 5.03. The number of aromatic nitrogens is 1. The van der Waals surface area contributed by atoms with E-state index in [1.54, 1.807) is 0 Å². The molecule has 1 N–H and O–H groups in total. The molecular weight excluding hydrogens is 160 g/mol. The molecule has 1 aromatic rings. The third-order valence-electron chi connectivity index (χ3n) is 2.81. The van der Waals surface area contributed by atoms with Gasteiger partial charge in [-0.05, 0) is 38.1 Å². The quantitative estimate of drug-likeness (QED) is 0.750. The van der Waals surface area contributed by atoms with Crippen LogP contribution >= 0.6 is 0 Å². The van der Waals surface area contributed by atoms with Gasteiger partial charge in [-0.3, -0.25) is 0 Å². The van der Waals surface area contributed by atoms with Crippen molar-refractivity contribution in [2.24, 2.45) is 0 Å². The van der Waals surface area contributed by atoms with Crippen LogP contribution in [-0.2, 0) is 6.42 Å². The summed E-state index contributed by atoms with van der Waals surface area (Å²) in [6.45, 7) is 3.84. The van der Waals surface area contributed by atoms with Gasteiger partial charge in [-0.25, -0.2) is 0 Å². The molecule has 1 fully saturated rings. The largest absolute Gasteiger partial charge is 0.365 e. The summed E-state index contributed by atoms with van der Waals surface area (Å²) < 4.78 is 0. The Kier molecular flexibility index (Phi) is 3.03. The summed E-state index contributed by atoms with van der Waals surface area (Å²) in [6.07, 6.45) is 7.40. The first kappa shape index (κ1) is 8.82. The van der Waals surface area contributed by atoms with Crippen LogP contribution in [0.15, 0.2) is 18.3 Å². The molecular formula is C11H18N2. The molecule has 0 bridgehead atoms. The van der Waals surface area contributed by atoms with Crippen molar-refractivity contribution in [3.63, 3.8) is 0 Å². The summed E-state index contributed by atoms with van der Waals surface area (Å²) in [4.78, 5) is 5.82. The van der Waals surface area contributed by atoms with Crippen molar-refractivity contribution >= 4 is 0 Å². The van der Waals surface area contributed by atoms with Gasteiger partial charge in [0.15, 0.2) is 0 Å². The van der Waals surface area contributed by atoms with Gasteiger partial charge >= 0.3 is 0 Å². The fourth-order valence-electron chi connectivity index (χ4n) is 1.98. The number of likely N-dealkylation sites (tertiary alicyclic amines) is 1. The molecule has 72 valence electrons. The average Bonchev–Trinajstić information content (AvgIpc) is 2.69. The molecule has 1 aliphatic rings. The lowest BCUT2D eigenvalue weighted by Gasteiger charge is -2.25. The van der Waals surface area contributed by atoms with E-state index >= 15 is 0 Å². The zero-order valence-electron chi connectivity index (χ0n) is 8.13. The maximum absolute atomic E-state index is 3.25. The van der Waals surface area contributed by atoms with E-state index in [0.29, 0.717) is 0 Å². The van der Waals surface area contributed by atoms with Crippen LogP contribution in [0.25, 0.3) is 0 Å². The van der Waals surface area contributed by atoms with Crippen molar-refractivity contribution in [3.8, 4) is 0 Å². The lowest BCUT2D eigenvalue weighted by Crippen LogP contribution is -2.31. The van der Waals surface area contributed by atoms with Crippen LogP contribution in [0.5, 0.6) is 0 Å². The van der Waals surface area contributed by atoms with Crippen LogP contribution in [0.1, 0.15) is 25.0 Å². The summed E-state index contributed by atoms with van der Waals surface area (Å²) in [6, 6.07) is 4.25. The zero-order valence-corrected chi connectivity index (χ0v) is 8.13. The topological polar surface area (TPSA) is 19.0 Å². The number of hydrogen-bond acceptors (Lipinski definition) is 1. The molecule has 13 heavy (non-hydrogen) atoms. The van der Waals surface area contributed by atoms with Gasteiger partial charge in [0.05, 0.1) is 0 Å². The van der Waals surface area contributed by atoms with Gasteiger partial charge < -0.3 is 9.88 Å². The second kappa shape index (κ2) is 4.47. The second-order valence-corrected chi connectivity index (χ2v) is 3.85. The summed E-state index contributed by atoms with van der Waals surface area (Å²) in [5, 5.41) is 0. The summed E-state index contributed by atoms with van der Waals surface area (Å²) in [5.74, 6) is 0. The normalized spacial score (nSPS) is 19.1. The molecule has 0 aliphatic carbocycles. The van der Waals surface area contributed by atoms with Crippen molar-refractivity contribution in [1.82, 2.24) is 9.88 Å². The molecule has 0 aromatic carbocycles. The first-order valence-electron chi connectivity index (χ1n) is 5.30. The van der Waals surface area contributed by atoms with Crippen molar-refractivity contribution in [2.45, 2.75) is 25.7 Å². The van der Waals surface area contributed by atoms with Crippen LogP contribution in [-0.4, -0.2) is 29.5 Å². The maximum atomic E-state index is 3.25. The number of H-pyrrole nitrogens is 1. The van der Waals surface area contributed by atoms with Crippen molar-refractivity contribution < 1.29 is 0 Å². The lowest BCUT2D eigenvalue weighted by molar-refractivity contribution is 0.231. The van der Waals surface area contributed by atoms with E-state index in [1.165, 1.54) is 51.0 Å². The van der Waals surface area contributed by atoms with Crippen LogP contribution in [0.2, 0.25) is 0 Å². The van der Waals surface area contributed by atoms with E-state index in [1.807, 2.05) is 6.20 Å². The van der Waals surface area contributed by atoms with E-state index in [9.17, 15) is 0 Å². The molecule has 2 heterocycles.